The SMILES string of the molecule is O=C(O)/C(Cc1ccccc1[N+](=O)[O-])=N/NC(=O)c1cccc([N+](=O)[O-])c1. The van der Waals surface area contributed by atoms with Gasteiger partial charge in [0.25, 0.3) is 17.3 Å². The molecule has 0 saturated heterocycles. The molecule has 0 bridgehead atoms. The Labute approximate surface area is 151 Å². The van der Waals surface area contributed by atoms with Crippen molar-refractivity contribution in [3.05, 3.63) is 79.9 Å². The molecule has 0 aliphatic carbocycles. The summed E-state index contributed by atoms with van der Waals surface area (Å²) in [6.45, 7) is 0. The van der Waals surface area contributed by atoms with Crippen LogP contribution in [0.5, 0.6) is 0 Å². The second-order valence-electron chi connectivity index (χ2n) is 5.17. The van der Waals surface area contributed by atoms with Crippen LogP contribution in [0, 0.1) is 20.2 Å². The number of nitro benzene ring substituents is 2. The second kappa shape index (κ2) is 8.29. The number of nitrogens with zero attached hydrogens (tertiary/aromatic N) is 3. The average molecular weight is 372 g/mol. The minimum Gasteiger partial charge on any atom is -0.477 e. The molecule has 0 fully saturated rings. The highest BCUT2D eigenvalue weighted by Gasteiger charge is 2.19. The highest BCUT2D eigenvalue weighted by atomic mass is 16.6. The number of para-hydroxylation sites is 1. The number of nitrogens with one attached hydrogen (secondary N) is 1. The van der Waals surface area contributed by atoms with Crippen LogP contribution in [0.4, 0.5) is 11.4 Å². The Balaban J connectivity index is 2.23. The van der Waals surface area contributed by atoms with E-state index in [4.69, 9.17) is 0 Å². The molecule has 11 heteroatoms. The number of hydrogen-bond acceptors (Lipinski definition) is 7. The third-order valence-electron chi connectivity index (χ3n) is 3.40. The molecule has 0 unspecified atom stereocenters. The third kappa shape index (κ3) is 4.92. The molecule has 2 aromatic rings. The Morgan fingerprint density at radius 3 is 2.37 bits per heavy atom. The second-order valence-corrected chi connectivity index (χ2v) is 5.17. The Morgan fingerprint density at radius 2 is 1.74 bits per heavy atom. The molecule has 1 amide bonds. The minimum atomic E-state index is -1.48. The summed E-state index contributed by atoms with van der Waals surface area (Å²) in [5.41, 5.74) is 0.867. The van der Waals surface area contributed by atoms with E-state index in [1.807, 2.05) is 5.43 Å². The maximum Gasteiger partial charge on any atom is 0.352 e. The summed E-state index contributed by atoms with van der Waals surface area (Å²) in [6, 6.07) is 10.3. The largest absolute Gasteiger partial charge is 0.477 e. The Morgan fingerprint density at radius 1 is 1.04 bits per heavy atom. The first-order chi connectivity index (χ1) is 12.8. The zero-order valence-electron chi connectivity index (χ0n) is 13.6. The molecule has 0 aromatic heterocycles. The fraction of sp³-hybridized carbons (Fsp3) is 0.0625. The predicted molar refractivity (Wildman–Crippen MR) is 92.4 cm³/mol. The molecule has 11 nitrogen and oxygen atoms in total. The van der Waals surface area contributed by atoms with Gasteiger partial charge in [-0.05, 0) is 6.07 Å². The van der Waals surface area contributed by atoms with E-state index >= 15 is 0 Å². The van der Waals surface area contributed by atoms with E-state index in [2.05, 4.69) is 5.10 Å². The van der Waals surface area contributed by atoms with Crippen LogP contribution in [-0.4, -0.2) is 32.5 Å². The molecule has 0 atom stereocenters. The number of carboxylic acid groups (broad SMARTS) is 1. The van der Waals surface area contributed by atoms with Crippen molar-refractivity contribution >= 4 is 29.0 Å². The molecular weight excluding hydrogens is 360 g/mol. The summed E-state index contributed by atoms with van der Waals surface area (Å²) in [5, 5.41) is 34.5. The lowest BCUT2D eigenvalue weighted by molar-refractivity contribution is -0.385. The maximum atomic E-state index is 12.0. The van der Waals surface area contributed by atoms with Crippen LogP contribution in [-0.2, 0) is 11.2 Å². The molecule has 0 heterocycles. The number of carbonyl (C=O) groups excluding carboxylic acids is 1. The Bertz CT molecular complexity index is 955. The van der Waals surface area contributed by atoms with Crippen molar-refractivity contribution in [2.24, 2.45) is 5.10 Å². The van der Waals surface area contributed by atoms with Crippen LogP contribution in [0.25, 0.3) is 0 Å². The van der Waals surface area contributed by atoms with E-state index in [-0.39, 0.29) is 22.5 Å². The average Bonchev–Trinajstić information content (AvgIpc) is 2.64. The number of hydrazone groups is 1. The van der Waals surface area contributed by atoms with Crippen molar-refractivity contribution in [1.82, 2.24) is 5.43 Å². The zero-order valence-corrected chi connectivity index (χ0v) is 13.6. The van der Waals surface area contributed by atoms with Crippen LogP contribution in [0.1, 0.15) is 15.9 Å². The molecule has 138 valence electrons. The molecule has 2 N–H and O–H groups in total. The smallest absolute Gasteiger partial charge is 0.352 e. The molecular formula is C16H12N4O7. The molecule has 2 aromatic carbocycles. The molecule has 0 aliphatic rings. The molecule has 27 heavy (non-hydrogen) atoms. The first-order valence-electron chi connectivity index (χ1n) is 7.36. The summed E-state index contributed by atoms with van der Waals surface area (Å²) in [6.07, 6.45) is -0.401. The van der Waals surface area contributed by atoms with Gasteiger partial charge in [0.1, 0.15) is 5.71 Å². The van der Waals surface area contributed by atoms with Crippen LogP contribution in [0.3, 0.4) is 0 Å². The molecule has 0 radical (unpaired) electrons. The Hall–Kier alpha value is -4.15. The highest BCUT2D eigenvalue weighted by Crippen LogP contribution is 2.18. The number of aliphatic carboxylic acids is 1. The number of benzene rings is 2. The minimum absolute atomic E-state index is 0.0941. The van der Waals surface area contributed by atoms with E-state index in [1.165, 1.54) is 42.5 Å². The van der Waals surface area contributed by atoms with Gasteiger partial charge in [0.15, 0.2) is 0 Å². The number of amides is 1. The van der Waals surface area contributed by atoms with Gasteiger partial charge in [0.05, 0.1) is 9.85 Å². The van der Waals surface area contributed by atoms with E-state index in [9.17, 15) is 34.9 Å². The predicted octanol–water partition coefficient (Wildman–Crippen LogP) is 1.92. The van der Waals surface area contributed by atoms with Crippen molar-refractivity contribution in [2.45, 2.75) is 6.42 Å². The number of non-ortho nitro benzene ring substituents is 1. The van der Waals surface area contributed by atoms with Gasteiger partial charge >= 0.3 is 5.97 Å². The van der Waals surface area contributed by atoms with Gasteiger partial charge in [-0.25, -0.2) is 10.2 Å². The fourth-order valence-corrected chi connectivity index (χ4v) is 2.13. The zero-order chi connectivity index (χ0) is 20.0. The van der Waals surface area contributed by atoms with Crippen molar-refractivity contribution < 1.29 is 24.5 Å². The number of rotatable bonds is 7. The van der Waals surface area contributed by atoms with E-state index < -0.39 is 33.9 Å². The van der Waals surface area contributed by atoms with Gasteiger partial charge in [-0.1, -0.05) is 24.3 Å². The van der Waals surface area contributed by atoms with Crippen LogP contribution in [0.2, 0.25) is 0 Å². The van der Waals surface area contributed by atoms with E-state index in [1.54, 1.807) is 0 Å². The molecule has 0 aliphatic heterocycles. The van der Waals surface area contributed by atoms with Gasteiger partial charge in [-0.3, -0.25) is 25.0 Å². The van der Waals surface area contributed by atoms with Crippen LogP contribution < -0.4 is 5.43 Å². The number of carbonyl (C=O) groups is 2. The third-order valence-corrected chi connectivity index (χ3v) is 3.40. The van der Waals surface area contributed by atoms with E-state index in [0.29, 0.717) is 0 Å². The maximum absolute atomic E-state index is 12.0. The number of carboxylic acids is 1. The highest BCUT2D eigenvalue weighted by molar-refractivity contribution is 6.36. The van der Waals surface area contributed by atoms with Gasteiger partial charge in [-0.2, -0.15) is 5.10 Å². The van der Waals surface area contributed by atoms with Gasteiger partial charge in [0, 0.05) is 35.7 Å². The van der Waals surface area contributed by atoms with Crippen LogP contribution >= 0.6 is 0 Å². The molecule has 0 spiro atoms. The van der Waals surface area contributed by atoms with Crippen molar-refractivity contribution in [3.8, 4) is 0 Å². The Kier molecular flexibility index (Phi) is 5.89. The first kappa shape index (κ1) is 19.2. The molecule has 2 rings (SSSR count). The van der Waals surface area contributed by atoms with Gasteiger partial charge < -0.3 is 5.11 Å². The molecule has 0 saturated carbocycles. The first-order valence-corrected chi connectivity index (χ1v) is 7.36. The normalized spacial score (nSPS) is 10.9. The van der Waals surface area contributed by atoms with Crippen molar-refractivity contribution in [1.29, 1.82) is 0 Å². The number of nitro groups is 2. The lowest BCUT2D eigenvalue weighted by Crippen LogP contribution is -2.25. The van der Waals surface area contributed by atoms with Gasteiger partial charge in [0.2, 0.25) is 0 Å². The summed E-state index contributed by atoms with van der Waals surface area (Å²) in [4.78, 5) is 43.8. The van der Waals surface area contributed by atoms with E-state index in [0.717, 1.165) is 6.07 Å². The summed E-state index contributed by atoms with van der Waals surface area (Å²) < 4.78 is 0. The summed E-state index contributed by atoms with van der Waals surface area (Å²) >= 11 is 0. The standard InChI is InChI=1S/C16H12N4O7/c21-15(11-5-3-6-12(8-11)19(24)25)18-17-13(16(22)23)9-10-4-1-2-7-14(10)20(26)27/h1-8H,9H2,(H,18,21)(H,22,23)/b17-13+. The monoisotopic (exact) mass is 372 g/mol. The number of hydrogen-bond donors (Lipinski definition) is 2. The fourth-order valence-electron chi connectivity index (χ4n) is 2.13. The topological polar surface area (TPSA) is 165 Å². The lowest BCUT2D eigenvalue weighted by Gasteiger charge is -2.05. The van der Waals surface area contributed by atoms with Crippen LogP contribution in [0.15, 0.2) is 53.6 Å². The quantitative estimate of drug-likeness (QED) is 0.425. The van der Waals surface area contributed by atoms with Crippen molar-refractivity contribution in [2.75, 3.05) is 0 Å². The van der Waals surface area contributed by atoms with Crippen molar-refractivity contribution in [3.63, 3.8) is 0 Å². The summed E-state index contributed by atoms with van der Waals surface area (Å²) in [7, 11) is 0. The lowest BCUT2D eigenvalue weighted by atomic mass is 10.1. The summed E-state index contributed by atoms with van der Waals surface area (Å²) in [5.74, 6) is -2.34. The van der Waals surface area contributed by atoms with Gasteiger partial charge in [-0.15, -0.1) is 0 Å².